The van der Waals surface area contributed by atoms with Gasteiger partial charge in [0, 0.05) is 10.9 Å². The molecule has 2 atom stereocenters. The molecule has 0 radical (unpaired) electrons. The number of thioether (sulfide) groups is 1. The number of fused-ring (bicyclic) bond motifs is 1. The second-order valence-corrected chi connectivity index (χ2v) is 11.2. The first-order valence-electron chi connectivity index (χ1n) is 9.88. The Labute approximate surface area is 181 Å². The third kappa shape index (κ3) is 4.54. The molecule has 2 aliphatic rings. The summed E-state index contributed by atoms with van der Waals surface area (Å²) in [5, 5.41) is 0.417. The van der Waals surface area contributed by atoms with Crippen molar-refractivity contribution in [2.75, 3.05) is 23.0 Å². The third-order valence-electron chi connectivity index (χ3n) is 5.23. The Morgan fingerprint density at radius 3 is 2.50 bits per heavy atom. The van der Waals surface area contributed by atoms with Gasteiger partial charge in [-0.25, -0.2) is 8.42 Å². The van der Waals surface area contributed by atoms with Gasteiger partial charge in [0.05, 0.1) is 17.5 Å². The summed E-state index contributed by atoms with van der Waals surface area (Å²) in [5.41, 5.74) is 2.05. The number of benzene rings is 2. The van der Waals surface area contributed by atoms with E-state index in [1.54, 1.807) is 12.1 Å². The van der Waals surface area contributed by atoms with Crippen molar-refractivity contribution in [3.63, 3.8) is 0 Å². The minimum absolute atomic E-state index is 0.0737. The molecular weight excluding hydrogens is 420 g/mol. The first-order chi connectivity index (χ1) is 14.3. The summed E-state index contributed by atoms with van der Waals surface area (Å²) < 4.78 is 29.9. The highest BCUT2D eigenvalue weighted by Gasteiger charge is 2.49. The maximum absolute atomic E-state index is 12.5. The summed E-state index contributed by atoms with van der Waals surface area (Å²) >= 11 is 1.37. The predicted octanol–water partition coefficient (Wildman–Crippen LogP) is 3.49. The SMILES string of the molecule is CC(C)c1ccc(N2C(=NC(=O)COc3ccccc3)S[C@H]3CS(=O)(=O)C[C@@H]32)cc1. The van der Waals surface area contributed by atoms with Crippen molar-refractivity contribution in [1.29, 1.82) is 0 Å². The number of nitrogens with zero attached hydrogens (tertiary/aromatic N) is 2. The number of rotatable bonds is 5. The first-order valence-corrected chi connectivity index (χ1v) is 12.6. The lowest BCUT2D eigenvalue weighted by Crippen LogP contribution is -2.37. The van der Waals surface area contributed by atoms with Crippen LogP contribution in [-0.2, 0) is 14.6 Å². The number of ether oxygens (including phenoxy) is 1. The van der Waals surface area contributed by atoms with E-state index in [1.807, 2.05) is 47.4 Å². The van der Waals surface area contributed by atoms with Crippen molar-refractivity contribution in [3.8, 4) is 5.75 Å². The van der Waals surface area contributed by atoms with Crippen LogP contribution in [-0.4, -0.2) is 48.9 Å². The normalized spacial score (nSPS) is 23.7. The monoisotopic (exact) mass is 444 g/mol. The fourth-order valence-corrected chi connectivity index (χ4v) is 7.62. The van der Waals surface area contributed by atoms with Crippen LogP contribution in [0.15, 0.2) is 59.6 Å². The lowest BCUT2D eigenvalue weighted by molar-refractivity contribution is -0.119. The van der Waals surface area contributed by atoms with Gasteiger partial charge in [-0.3, -0.25) is 4.79 Å². The average Bonchev–Trinajstić information content (AvgIpc) is 3.18. The molecule has 0 bridgehead atoms. The Morgan fingerprint density at radius 1 is 1.13 bits per heavy atom. The van der Waals surface area contributed by atoms with Gasteiger partial charge in [-0.15, -0.1) is 0 Å². The Morgan fingerprint density at radius 2 is 1.83 bits per heavy atom. The molecular formula is C22H24N2O4S2. The van der Waals surface area contributed by atoms with Crippen LogP contribution >= 0.6 is 11.8 Å². The molecule has 30 heavy (non-hydrogen) atoms. The Bertz CT molecular complexity index is 1050. The summed E-state index contributed by atoms with van der Waals surface area (Å²) in [6.45, 7) is 4.08. The topological polar surface area (TPSA) is 76.0 Å². The van der Waals surface area contributed by atoms with Crippen LogP contribution in [0.3, 0.4) is 0 Å². The summed E-state index contributed by atoms with van der Waals surface area (Å²) in [6, 6.07) is 16.9. The number of para-hydroxylation sites is 1. The Hall–Kier alpha value is -2.32. The van der Waals surface area contributed by atoms with Gasteiger partial charge in [0.2, 0.25) is 0 Å². The minimum Gasteiger partial charge on any atom is -0.484 e. The molecule has 8 heteroatoms. The fourth-order valence-electron chi connectivity index (χ4n) is 3.69. The number of aliphatic imine (C=N–C) groups is 1. The maximum atomic E-state index is 12.5. The summed E-state index contributed by atoms with van der Waals surface area (Å²) in [5.74, 6) is 0.791. The van der Waals surface area contributed by atoms with Crippen LogP contribution in [0.25, 0.3) is 0 Å². The van der Waals surface area contributed by atoms with Gasteiger partial charge < -0.3 is 9.64 Å². The highest BCUT2D eigenvalue weighted by Crippen LogP contribution is 2.41. The number of carbonyl (C=O) groups is 1. The van der Waals surface area contributed by atoms with Crippen LogP contribution in [0.4, 0.5) is 5.69 Å². The van der Waals surface area contributed by atoms with Crippen molar-refractivity contribution in [3.05, 3.63) is 60.2 Å². The lowest BCUT2D eigenvalue weighted by Gasteiger charge is -2.25. The van der Waals surface area contributed by atoms with Gasteiger partial charge in [0.15, 0.2) is 21.6 Å². The molecule has 0 unspecified atom stereocenters. The molecule has 0 N–H and O–H groups in total. The minimum atomic E-state index is -3.09. The quantitative estimate of drug-likeness (QED) is 0.703. The number of amidine groups is 1. The van der Waals surface area contributed by atoms with Crippen molar-refractivity contribution in [2.24, 2.45) is 4.99 Å². The van der Waals surface area contributed by atoms with E-state index in [4.69, 9.17) is 4.74 Å². The zero-order valence-electron chi connectivity index (χ0n) is 16.9. The van der Waals surface area contributed by atoms with E-state index >= 15 is 0 Å². The Balaban J connectivity index is 1.57. The van der Waals surface area contributed by atoms with E-state index in [0.717, 1.165) is 5.69 Å². The van der Waals surface area contributed by atoms with Crippen molar-refractivity contribution in [1.82, 2.24) is 0 Å². The molecule has 6 nitrogen and oxygen atoms in total. The molecule has 2 saturated heterocycles. The number of anilines is 1. The van der Waals surface area contributed by atoms with Gasteiger partial charge in [-0.1, -0.05) is 55.9 Å². The van der Waals surface area contributed by atoms with Gasteiger partial charge in [-0.05, 0) is 35.7 Å². The summed E-state index contributed by atoms with van der Waals surface area (Å²) in [7, 11) is -3.09. The number of amides is 1. The van der Waals surface area contributed by atoms with Gasteiger partial charge in [0.1, 0.15) is 5.75 Å². The average molecular weight is 445 g/mol. The Kier molecular flexibility index (Phi) is 5.88. The summed E-state index contributed by atoms with van der Waals surface area (Å²) in [4.78, 5) is 18.7. The molecule has 4 rings (SSSR count). The van der Waals surface area contributed by atoms with Gasteiger partial charge >= 0.3 is 0 Å². The number of sulfone groups is 1. The van der Waals surface area contributed by atoms with E-state index in [2.05, 4.69) is 18.8 Å². The second kappa shape index (κ2) is 8.43. The molecule has 0 spiro atoms. The second-order valence-electron chi connectivity index (χ2n) is 7.81. The van der Waals surface area contributed by atoms with Crippen molar-refractivity contribution in [2.45, 2.75) is 31.1 Å². The molecule has 2 aliphatic heterocycles. The molecule has 0 aromatic heterocycles. The predicted molar refractivity (Wildman–Crippen MR) is 121 cm³/mol. The standard InChI is InChI=1S/C22H24N2O4S2/c1-15(2)16-8-10-17(11-9-16)24-19-13-30(26,27)14-20(19)29-22(24)23-21(25)12-28-18-6-4-3-5-7-18/h3-11,15,19-20H,12-14H2,1-2H3/t19-,20-/m0/s1. The fraction of sp³-hybridized carbons (Fsp3) is 0.364. The smallest absolute Gasteiger partial charge is 0.285 e. The highest BCUT2D eigenvalue weighted by molar-refractivity contribution is 8.16. The molecule has 2 fully saturated rings. The van der Waals surface area contributed by atoms with Crippen LogP contribution in [0.1, 0.15) is 25.3 Å². The van der Waals surface area contributed by atoms with E-state index in [9.17, 15) is 13.2 Å². The zero-order chi connectivity index (χ0) is 21.3. The van der Waals surface area contributed by atoms with Crippen LogP contribution < -0.4 is 9.64 Å². The number of hydrogen-bond donors (Lipinski definition) is 0. The van der Waals surface area contributed by atoms with Crippen molar-refractivity contribution < 1.29 is 17.9 Å². The number of carbonyl (C=O) groups excluding carboxylic acids is 1. The van der Waals surface area contributed by atoms with E-state index in [0.29, 0.717) is 16.8 Å². The third-order valence-corrected chi connectivity index (χ3v) is 8.44. The molecule has 0 saturated carbocycles. The van der Waals surface area contributed by atoms with E-state index < -0.39 is 15.7 Å². The maximum Gasteiger partial charge on any atom is 0.285 e. The van der Waals surface area contributed by atoms with Gasteiger partial charge in [-0.2, -0.15) is 4.99 Å². The molecule has 158 valence electrons. The van der Waals surface area contributed by atoms with Crippen LogP contribution in [0.2, 0.25) is 0 Å². The van der Waals surface area contributed by atoms with Crippen LogP contribution in [0, 0.1) is 0 Å². The molecule has 2 heterocycles. The molecule has 1 amide bonds. The van der Waals surface area contributed by atoms with E-state index in [-0.39, 0.29) is 29.4 Å². The van der Waals surface area contributed by atoms with Gasteiger partial charge in [0.25, 0.3) is 5.91 Å². The first kappa shape index (κ1) is 20.9. The van der Waals surface area contributed by atoms with Crippen LogP contribution in [0.5, 0.6) is 5.75 Å². The zero-order valence-corrected chi connectivity index (χ0v) is 18.5. The molecule has 2 aromatic rings. The lowest BCUT2D eigenvalue weighted by atomic mass is 10.0. The summed E-state index contributed by atoms with van der Waals surface area (Å²) in [6.07, 6.45) is 0. The van der Waals surface area contributed by atoms with Crippen molar-refractivity contribution >= 4 is 38.4 Å². The molecule has 0 aliphatic carbocycles. The highest BCUT2D eigenvalue weighted by atomic mass is 32.2. The molecule has 2 aromatic carbocycles. The largest absolute Gasteiger partial charge is 0.484 e. The van der Waals surface area contributed by atoms with E-state index in [1.165, 1.54) is 17.3 Å². The number of hydrogen-bond acceptors (Lipinski definition) is 5.